The van der Waals surface area contributed by atoms with Gasteiger partial charge in [-0.05, 0) is 41.2 Å². The van der Waals surface area contributed by atoms with E-state index in [0.29, 0.717) is 6.54 Å². The summed E-state index contributed by atoms with van der Waals surface area (Å²) in [5.41, 5.74) is 9.58. The van der Waals surface area contributed by atoms with Gasteiger partial charge in [0.1, 0.15) is 6.23 Å². The van der Waals surface area contributed by atoms with E-state index in [2.05, 4.69) is 58.4 Å². The Morgan fingerprint density at radius 2 is 1.86 bits per heavy atom. The molecule has 1 aliphatic carbocycles. The zero-order valence-electron chi connectivity index (χ0n) is 15.7. The molecule has 3 aromatic carbocycles. The van der Waals surface area contributed by atoms with Crippen molar-refractivity contribution in [2.75, 3.05) is 0 Å². The summed E-state index contributed by atoms with van der Waals surface area (Å²) in [5, 5.41) is 5.61. The number of ether oxygens (including phenoxy) is 1. The topological polar surface area (TPSA) is 43.3 Å². The average Bonchev–Trinajstić information content (AvgIpc) is 3.47. The fourth-order valence-corrected chi connectivity index (χ4v) is 6.55. The molecule has 3 aliphatic heterocycles. The van der Waals surface area contributed by atoms with Gasteiger partial charge in [-0.25, -0.2) is 0 Å². The normalized spacial score (nSPS) is 25.4. The first-order valence-corrected chi connectivity index (χ1v) is 10.5. The molecule has 0 spiro atoms. The maximum atomic E-state index is 13.0. The summed E-state index contributed by atoms with van der Waals surface area (Å²) >= 11 is 0. The summed E-state index contributed by atoms with van der Waals surface area (Å²) in [7, 11) is 0. The quantitative estimate of drug-likeness (QED) is 0.476. The Labute approximate surface area is 167 Å². The first kappa shape index (κ1) is 14.8. The molecule has 140 valence electrons. The number of hydrogen-bond acceptors (Lipinski definition) is 2. The molecule has 4 heterocycles. The SMILES string of the molecule is O=C1NCc2c1c1c3c4c2c2ccccc2n4[C@H]2CCC(O2)[C@@H]3c2ccccc2-1. The lowest BCUT2D eigenvalue weighted by molar-refractivity contribution is 0.00493. The van der Waals surface area contributed by atoms with Gasteiger partial charge in [0.2, 0.25) is 0 Å². The van der Waals surface area contributed by atoms with Crippen LogP contribution in [0.25, 0.3) is 32.9 Å². The summed E-state index contributed by atoms with van der Waals surface area (Å²) in [6, 6.07) is 17.3. The van der Waals surface area contributed by atoms with Crippen molar-refractivity contribution < 1.29 is 9.53 Å². The second kappa shape index (κ2) is 4.71. The Morgan fingerprint density at radius 1 is 1.00 bits per heavy atom. The van der Waals surface area contributed by atoms with E-state index in [4.69, 9.17) is 4.74 Å². The summed E-state index contributed by atoms with van der Waals surface area (Å²) in [4.78, 5) is 13.0. The molecule has 1 fully saturated rings. The average molecular weight is 378 g/mol. The molecule has 1 saturated heterocycles. The number of aromatic nitrogens is 1. The van der Waals surface area contributed by atoms with Crippen LogP contribution in [0.15, 0.2) is 48.5 Å². The minimum absolute atomic E-state index is 0.0655. The molecule has 1 unspecified atom stereocenters. The van der Waals surface area contributed by atoms with Gasteiger partial charge in [-0.1, -0.05) is 42.5 Å². The Balaban J connectivity index is 1.71. The summed E-state index contributed by atoms with van der Waals surface area (Å²) < 4.78 is 9.12. The highest BCUT2D eigenvalue weighted by Gasteiger charge is 2.48. The van der Waals surface area contributed by atoms with Crippen molar-refractivity contribution in [3.8, 4) is 11.1 Å². The van der Waals surface area contributed by atoms with Gasteiger partial charge in [0.05, 0.1) is 22.7 Å². The smallest absolute Gasteiger partial charge is 0.252 e. The molecule has 3 atom stereocenters. The largest absolute Gasteiger partial charge is 0.354 e. The van der Waals surface area contributed by atoms with Crippen LogP contribution in [-0.4, -0.2) is 16.6 Å². The fourth-order valence-electron chi connectivity index (χ4n) is 6.55. The number of carbonyl (C=O) groups is 1. The molecule has 2 bridgehead atoms. The van der Waals surface area contributed by atoms with Gasteiger partial charge >= 0.3 is 0 Å². The van der Waals surface area contributed by atoms with Gasteiger partial charge in [0.15, 0.2) is 0 Å². The van der Waals surface area contributed by atoms with E-state index in [1.165, 1.54) is 38.5 Å². The van der Waals surface area contributed by atoms with Crippen LogP contribution in [-0.2, 0) is 11.3 Å². The molecule has 8 rings (SSSR count). The fraction of sp³-hybridized carbons (Fsp3) is 0.240. The molecule has 0 radical (unpaired) electrons. The van der Waals surface area contributed by atoms with Crippen molar-refractivity contribution in [1.29, 1.82) is 0 Å². The Morgan fingerprint density at radius 3 is 2.83 bits per heavy atom. The number of carbonyl (C=O) groups excluding carboxylic acids is 1. The molecular formula is C25H18N2O2. The van der Waals surface area contributed by atoms with Crippen LogP contribution < -0.4 is 5.32 Å². The first-order valence-electron chi connectivity index (χ1n) is 10.5. The van der Waals surface area contributed by atoms with Gasteiger partial charge in [-0.3, -0.25) is 4.79 Å². The van der Waals surface area contributed by atoms with E-state index in [9.17, 15) is 4.79 Å². The number of amides is 1. The molecular weight excluding hydrogens is 360 g/mol. The van der Waals surface area contributed by atoms with Crippen molar-refractivity contribution in [3.05, 3.63) is 70.8 Å². The number of nitrogens with one attached hydrogen (secondary N) is 1. The zero-order chi connectivity index (χ0) is 18.9. The molecule has 1 N–H and O–H groups in total. The lowest BCUT2D eigenvalue weighted by Crippen LogP contribution is -2.16. The standard InChI is InChI=1S/C25H18N2O2/c28-25-22-15(11-26-25)19-14-7-3-4-8-16(14)27-18-10-9-17(29-18)20-12-5-1-2-6-13(12)21(22)23(20)24(19)27/h1-8,17-18,20H,9-11H2,(H,26,28)/t17?,18-,20+/m1/s1. The number of hydrogen-bond donors (Lipinski definition) is 1. The number of nitrogens with zero attached hydrogens (tertiary/aromatic N) is 1. The third-order valence-electron chi connectivity index (χ3n) is 7.51. The number of para-hydroxylation sites is 1. The summed E-state index contributed by atoms with van der Waals surface area (Å²) in [6.07, 6.45) is 2.35. The van der Waals surface area contributed by atoms with Gasteiger partial charge in [-0.2, -0.15) is 0 Å². The lowest BCUT2D eigenvalue weighted by Gasteiger charge is -2.20. The Bertz CT molecular complexity index is 1430. The maximum Gasteiger partial charge on any atom is 0.252 e. The monoisotopic (exact) mass is 378 g/mol. The maximum absolute atomic E-state index is 13.0. The van der Waals surface area contributed by atoms with E-state index in [0.717, 1.165) is 29.5 Å². The third kappa shape index (κ3) is 1.51. The van der Waals surface area contributed by atoms with Gasteiger partial charge < -0.3 is 14.6 Å². The predicted molar refractivity (Wildman–Crippen MR) is 111 cm³/mol. The van der Waals surface area contributed by atoms with Gasteiger partial charge in [0.25, 0.3) is 5.91 Å². The van der Waals surface area contributed by atoms with Crippen LogP contribution in [0.4, 0.5) is 0 Å². The van der Waals surface area contributed by atoms with E-state index in [1.807, 2.05) is 0 Å². The van der Waals surface area contributed by atoms with Crippen molar-refractivity contribution in [1.82, 2.24) is 9.88 Å². The minimum atomic E-state index is 0.0655. The van der Waals surface area contributed by atoms with E-state index in [1.54, 1.807) is 0 Å². The lowest BCUT2D eigenvalue weighted by atomic mass is 9.86. The first-order chi connectivity index (χ1) is 14.3. The molecule has 1 aromatic heterocycles. The molecule has 29 heavy (non-hydrogen) atoms. The van der Waals surface area contributed by atoms with Crippen molar-refractivity contribution in [2.24, 2.45) is 0 Å². The molecule has 4 aliphatic rings. The Kier molecular flexibility index (Phi) is 2.41. The van der Waals surface area contributed by atoms with Crippen LogP contribution in [0.5, 0.6) is 0 Å². The third-order valence-corrected chi connectivity index (χ3v) is 7.51. The number of benzene rings is 3. The highest BCUT2D eigenvalue weighted by atomic mass is 16.5. The summed E-state index contributed by atoms with van der Waals surface area (Å²) in [6.45, 7) is 0.605. The van der Waals surface area contributed by atoms with E-state index >= 15 is 0 Å². The number of fused-ring (bicyclic) bond motifs is 13. The van der Waals surface area contributed by atoms with E-state index < -0.39 is 0 Å². The van der Waals surface area contributed by atoms with Gasteiger partial charge in [-0.15, -0.1) is 0 Å². The highest BCUT2D eigenvalue weighted by molar-refractivity contribution is 6.20. The zero-order valence-corrected chi connectivity index (χ0v) is 15.7. The molecule has 4 nitrogen and oxygen atoms in total. The molecule has 0 saturated carbocycles. The van der Waals surface area contributed by atoms with Crippen LogP contribution in [0.1, 0.15) is 52.0 Å². The van der Waals surface area contributed by atoms with Crippen molar-refractivity contribution >= 4 is 27.7 Å². The predicted octanol–water partition coefficient (Wildman–Crippen LogP) is 4.84. The Hall–Kier alpha value is -3.11. The van der Waals surface area contributed by atoms with Crippen LogP contribution in [0, 0.1) is 0 Å². The number of rotatable bonds is 0. The van der Waals surface area contributed by atoms with Crippen molar-refractivity contribution in [3.63, 3.8) is 0 Å². The summed E-state index contributed by atoms with van der Waals surface area (Å²) in [5.74, 6) is 0.272. The van der Waals surface area contributed by atoms with Crippen LogP contribution in [0.2, 0.25) is 0 Å². The van der Waals surface area contributed by atoms with Crippen LogP contribution >= 0.6 is 0 Å². The molecule has 4 aromatic rings. The second-order valence-electron chi connectivity index (χ2n) is 8.71. The van der Waals surface area contributed by atoms with Crippen LogP contribution in [0.3, 0.4) is 0 Å². The molecule has 1 amide bonds. The van der Waals surface area contributed by atoms with Crippen molar-refractivity contribution in [2.45, 2.75) is 37.6 Å². The molecule has 4 heteroatoms. The highest BCUT2D eigenvalue weighted by Crippen LogP contribution is 2.59. The second-order valence-corrected chi connectivity index (χ2v) is 8.71. The minimum Gasteiger partial charge on any atom is -0.354 e. The van der Waals surface area contributed by atoms with E-state index in [-0.39, 0.29) is 24.2 Å². The van der Waals surface area contributed by atoms with Gasteiger partial charge in [0, 0.05) is 28.8 Å².